The highest BCUT2D eigenvalue weighted by atomic mass is 79.9. The number of aromatic nitrogens is 2. The van der Waals surface area contributed by atoms with Gasteiger partial charge in [-0.15, -0.1) is 0 Å². The summed E-state index contributed by atoms with van der Waals surface area (Å²) in [4.78, 5) is 4.80. The van der Waals surface area contributed by atoms with Crippen LogP contribution >= 0.6 is 15.9 Å². The van der Waals surface area contributed by atoms with Crippen molar-refractivity contribution in [2.75, 3.05) is 7.11 Å². The lowest BCUT2D eigenvalue weighted by molar-refractivity contribution is 0.308. The van der Waals surface area contributed by atoms with Gasteiger partial charge in [0, 0.05) is 11.8 Å². The van der Waals surface area contributed by atoms with E-state index in [2.05, 4.69) is 15.9 Å². The van der Waals surface area contributed by atoms with E-state index in [0.29, 0.717) is 6.61 Å². The summed E-state index contributed by atoms with van der Waals surface area (Å²) in [5.74, 6) is 1.57. The molecule has 5 heteroatoms. The Bertz CT molecular complexity index is 1030. The van der Waals surface area contributed by atoms with E-state index in [0.717, 1.165) is 38.6 Å². The van der Waals surface area contributed by atoms with Crippen LogP contribution in [0.1, 0.15) is 5.56 Å². The number of imidazole rings is 1. The van der Waals surface area contributed by atoms with Gasteiger partial charge in [0.05, 0.1) is 7.11 Å². The standard InChI is InChI=1S/C21H17BrN2O2/c1-25-17-11-9-16(10-12-17)19-20(22)24-13-5-8-18(21(24)23-19)26-14-15-6-3-2-4-7-15/h2-13H,14H2,1H3. The zero-order valence-corrected chi connectivity index (χ0v) is 15.8. The zero-order valence-electron chi connectivity index (χ0n) is 14.2. The number of hydrogen-bond donors (Lipinski definition) is 0. The number of rotatable bonds is 5. The number of ether oxygens (including phenoxy) is 2. The van der Waals surface area contributed by atoms with Crippen molar-refractivity contribution in [3.8, 4) is 22.8 Å². The van der Waals surface area contributed by atoms with Gasteiger partial charge in [-0.05, 0) is 57.9 Å². The van der Waals surface area contributed by atoms with Gasteiger partial charge in [-0.3, -0.25) is 4.40 Å². The summed E-state index contributed by atoms with van der Waals surface area (Å²) in [6.07, 6.45) is 1.97. The summed E-state index contributed by atoms with van der Waals surface area (Å²) >= 11 is 3.67. The lowest BCUT2D eigenvalue weighted by atomic mass is 10.2. The lowest BCUT2D eigenvalue weighted by Gasteiger charge is -2.07. The predicted octanol–water partition coefficient (Wildman–Crippen LogP) is 5.35. The van der Waals surface area contributed by atoms with Crippen LogP contribution in [0.2, 0.25) is 0 Å². The van der Waals surface area contributed by atoms with Crippen LogP contribution in [0.25, 0.3) is 16.9 Å². The number of hydrogen-bond acceptors (Lipinski definition) is 3. The van der Waals surface area contributed by atoms with E-state index >= 15 is 0 Å². The fourth-order valence-corrected chi connectivity index (χ4v) is 3.40. The normalized spacial score (nSPS) is 10.8. The number of halogens is 1. The smallest absolute Gasteiger partial charge is 0.181 e. The molecule has 0 saturated heterocycles. The van der Waals surface area contributed by atoms with Crippen molar-refractivity contribution in [2.24, 2.45) is 0 Å². The van der Waals surface area contributed by atoms with Gasteiger partial charge in [0.1, 0.15) is 22.7 Å². The van der Waals surface area contributed by atoms with Gasteiger partial charge < -0.3 is 9.47 Å². The fraction of sp³-hybridized carbons (Fsp3) is 0.0952. The van der Waals surface area contributed by atoms with Gasteiger partial charge in [0.2, 0.25) is 0 Å². The molecule has 4 nitrogen and oxygen atoms in total. The third kappa shape index (κ3) is 3.18. The van der Waals surface area contributed by atoms with E-state index in [1.807, 2.05) is 77.3 Å². The molecule has 0 saturated carbocycles. The van der Waals surface area contributed by atoms with Crippen molar-refractivity contribution in [2.45, 2.75) is 6.61 Å². The number of fused-ring (bicyclic) bond motifs is 1. The highest BCUT2D eigenvalue weighted by Crippen LogP contribution is 2.33. The van der Waals surface area contributed by atoms with Crippen molar-refractivity contribution in [3.05, 3.63) is 83.1 Å². The minimum Gasteiger partial charge on any atom is -0.497 e. The van der Waals surface area contributed by atoms with E-state index in [-0.39, 0.29) is 0 Å². The van der Waals surface area contributed by atoms with E-state index in [1.165, 1.54) is 0 Å². The van der Waals surface area contributed by atoms with Crippen LogP contribution in [0.4, 0.5) is 0 Å². The Balaban J connectivity index is 1.69. The van der Waals surface area contributed by atoms with Crippen molar-refractivity contribution in [3.63, 3.8) is 0 Å². The first kappa shape index (κ1) is 16.7. The molecule has 0 N–H and O–H groups in total. The molecular formula is C21H17BrN2O2. The third-order valence-electron chi connectivity index (χ3n) is 4.16. The van der Waals surface area contributed by atoms with Crippen molar-refractivity contribution < 1.29 is 9.47 Å². The average Bonchev–Trinajstić information content (AvgIpc) is 3.04. The molecule has 130 valence electrons. The van der Waals surface area contributed by atoms with Gasteiger partial charge in [-0.2, -0.15) is 0 Å². The zero-order chi connectivity index (χ0) is 17.9. The monoisotopic (exact) mass is 408 g/mol. The molecule has 0 bridgehead atoms. The maximum Gasteiger partial charge on any atom is 0.181 e. The third-order valence-corrected chi connectivity index (χ3v) is 4.91. The number of methoxy groups -OCH3 is 1. The number of pyridine rings is 1. The molecule has 2 heterocycles. The van der Waals surface area contributed by atoms with Gasteiger partial charge in [0.15, 0.2) is 11.4 Å². The molecule has 0 aliphatic heterocycles. The summed E-state index contributed by atoms with van der Waals surface area (Å²) < 4.78 is 14.1. The van der Waals surface area contributed by atoms with Gasteiger partial charge in [0.25, 0.3) is 0 Å². The summed E-state index contributed by atoms with van der Waals surface area (Å²) in [6, 6.07) is 21.8. The molecular weight excluding hydrogens is 392 g/mol. The molecule has 0 atom stereocenters. The molecule has 0 aliphatic rings. The van der Waals surface area contributed by atoms with Crippen LogP contribution in [0.15, 0.2) is 77.5 Å². The fourth-order valence-electron chi connectivity index (χ4n) is 2.79. The summed E-state index contributed by atoms with van der Waals surface area (Å²) in [6.45, 7) is 0.503. The largest absolute Gasteiger partial charge is 0.497 e. The Labute approximate surface area is 160 Å². The minimum absolute atomic E-state index is 0.503. The number of benzene rings is 2. The molecule has 0 fully saturated rings. The summed E-state index contributed by atoms with van der Waals surface area (Å²) in [5, 5.41) is 0. The van der Waals surface area contributed by atoms with Crippen LogP contribution in [0, 0.1) is 0 Å². The summed E-state index contributed by atoms with van der Waals surface area (Å²) in [7, 11) is 1.66. The molecule has 4 aromatic rings. The molecule has 0 aliphatic carbocycles. The van der Waals surface area contributed by atoms with Gasteiger partial charge >= 0.3 is 0 Å². The molecule has 0 spiro atoms. The SMILES string of the molecule is COc1ccc(-c2nc3c(OCc4ccccc4)cccn3c2Br)cc1. The van der Waals surface area contributed by atoms with Crippen LogP contribution in [0.3, 0.4) is 0 Å². The molecule has 0 amide bonds. The Morgan fingerprint density at radius 3 is 2.46 bits per heavy atom. The van der Waals surface area contributed by atoms with E-state index in [1.54, 1.807) is 7.11 Å². The first-order valence-electron chi connectivity index (χ1n) is 8.24. The van der Waals surface area contributed by atoms with Gasteiger partial charge in [-0.25, -0.2) is 4.98 Å². The van der Waals surface area contributed by atoms with Crippen molar-refractivity contribution >= 4 is 21.6 Å². The first-order valence-corrected chi connectivity index (χ1v) is 9.03. The van der Waals surface area contributed by atoms with Crippen LogP contribution in [0.5, 0.6) is 11.5 Å². The van der Waals surface area contributed by atoms with Crippen molar-refractivity contribution in [1.29, 1.82) is 0 Å². The molecule has 26 heavy (non-hydrogen) atoms. The highest BCUT2D eigenvalue weighted by molar-refractivity contribution is 9.10. The second-order valence-corrected chi connectivity index (χ2v) is 6.57. The molecule has 0 radical (unpaired) electrons. The molecule has 2 aromatic heterocycles. The predicted molar refractivity (Wildman–Crippen MR) is 106 cm³/mol. The summed E-state index contributed by atoms with van der Waals surface area (Å²) in [5.41, 5.74) is 3.77. The quantitative estimate of drug-likeness (QED) is 0.446. The molecule has 4 rings (SSSR count). The van der Waals surface area contributed by atoms with E-state index in [4.69, 9.17) is 14.5 Å². The minimum atomic E-state index is 0.503. The van der Waals surface area contributed by atoms with E-state index in [9.17, 15) is 0 Å². The highest BCUT2D eigenvalue weighted by Gasteiger charge is 2.15. The first-order chi connectivity index (χ1) is 12.8. The Kier molecular flexibility index (Phi) is 4.63. The Hall–Kier alpha value is -2.79. The van der Waals surface area contributed by atoms with Crippen LogP contribution in [-0.4, -0.2) is 16.5 Å². The Morgan fingerprint density at radius 1 is 0.962 bits per heavy atom. The molecule has 0 unspecified atom stereocenters. The van der Waals surface area contributed by atoms with E-state index < -0.39 is 0 Å². The average molecular weight is 409 g/mol. The molecule has 2 aromatic carbocycles. The van der Waals surface area contributed by atoms with Crippen LogP contribution < -0.4 is 9.47 Å². The second kappa shape index (κ2) is 7.22. The topological polar surface area (TPSA) is 35.8 Å². The van der Waals surface area contributed by atoms with Crippen molar-refractivity contribution in [1.82, 2.24) is 9.38 Å². The maximum absolute atomic E-state index is 6.02. The lowest BCUT2D eigenvalue weighted by Crippen LogP contribution is -1.97. The van der Waals surface area contributed by atoms with Crippen LogP contribution in [-0.2, 0) is 6.61 Å². The Morgan fingerprint density at radius 2 is 1.73 bits per heavy atom. The number of nitrogens with zero attached hydrogens (tertiary/aromatic N) is 2. The van der Waals surface area contributed by atoms with Gasteiger partial charge in [-0.1, -0.05) is 30.3 Å². The second-order valence-electron chi connectivity index (χ2n) is 5.82. The maximum atomic E-state index is 6.02.